The van der Waals surface area contributed by atoms with Gasteiger partial charge in [-0.25, -0.2) is 8.51 Å². The quantitative estimate of drug-likeness (QED) is 0.636. The first-order valence-corrected chi connectivity index (χ1v) is 4.52. The van der Waals surface area contributed by atoms with Crippen LogP contribution in [0.1, 0.15) is 13.3 Å². The van der Waals surface area contributed by atoms with E-state index in [0.29, 0.717) is 6.54 Å². The summed E-state index contributed by atoms with van der Waals surface area (Å²) < 4.78 is 14.9. The summed E-state index contributed by atoms with van der Waals surface area (Å²) in [7, 11) is 0. The van der Waals surface area contributed by atoms with Gasteiger partial charge in [0.2, 0.25) is 11.2 Å². The lowest BCUT2D eigenvalue weighted by Crippen LogP contribution is -2.40. The molecule has 0 aromatic heterocycles. The predicted molar refractivity (Wildman–Crippen MR) is 42.4 cm³/mol. The van der Waals surface area contributed by atoms with Gasteiger partial charge in [0.1, 0.15) is 0 Å². The highest BCUT2D eigenvalue weighted by Crippen LogP contribution is 2.01. The van der Waals surface area contributed by atoms with Crippen LogP contribution in [0.15, 0.2) is 12.3 Å². The van der Waals surface area contributed by atoms with E-state index in [9.17, 15) is 9.00 Å². The number of amides is 1. The maximum atomic E-state index is 11.0. The van der Waals surface area contributed by atoms with E-state index in [0.717, 1.165) is 6.42 Å². The molecule has 4 nitrogen and oxygen atoms in total. The average Bonchev–Trinajstić information content (AvgIpc) is 1.97. The van der Waals surface area contributed by atoms with Crippen molar-refractivity contribution in [2.75, 3.05) is 6.54 Å². The van der Waals surface area contributed by atoms with Crippen LogP contribution in [0.2, 0.25) is 0 Å². The molecule has 1 rings (SSSR count). The third-order valence-electron chi connectivity index (χ3n) is 1.27. The van der Waals surface area contributed by atoms with E-state index in [1.54, 1.807) is 0 Å². The lowest BCUT2D eigenvalue weighted by atomic mass is 10.4. The zero-order chi connectivity index (χ0) is 8.27. The van der Waals surface area contributed by atoms with Crippen molar-refractivity contribution in [2.45, 2.75) is 13.3 Å². The van der Waals surface area contributed by atoms with Crippen LogP contribution in [0.4, 0.5) is 0 Å². The van der Waals surface area contributed by atoms with Crippen molar-refractivity contribution in [3.63, 3.8) is 0 Å². The fourth-order valence-corrected chi connectivity index (χ4v) is 1.67. The summed E-state index contributed by atoms with van der Waals surface area (Å²) in [6.45, 7) is 2.46. The van der Waals surface area contributed by atoms with Crippen LogP contribution >= 0.6 is 0 Å². The first-order valence-electron chi connectivity index (χ1n) is 3.42. The number of nitrogens with one attached hydrogen (secondary N) is 1. The Morgan fingerprint density at radius 2 is 2.45 bits per heavy atom. The summed E-state index contributed by atoms with van der Waals surface area (Å²) >= 11 is -1.36. The fourth-order valence-electron chi connectivity index (χ4n) is 0.788. The molecule has 62 valence electrons. The maximum Gasteiger partial charge on any atom is 0.261 e. The second-order valence-electron chi connectivity index (χ2n) is 2.14. The molecule has 0 aliphatic carbocycles. The second kappa shape index (κ2) is 3.52. The minimum Gasteiger partial charge on any atom is -0.294 e. The van der Waals surface area contributed by atoms with E-state index in [1.165, 1.54) is 16.6 Å². The number of carbonyl (C=O) groups is 1. The minimum atomic E-state index is -1.36. The molecule has 0 bridgehead atoms. The lowest BCUT2D eigenvalue weighted by molar-refractivity contribution is -0.121. The molecule has 0 fully saturated rings. The zero-order valence-corrected chi connectivity index (χ0v) is 7.06. The molecule has 0 saturated heterocycles. The number of hydrogen-bond donors (Lipinski definition) is 1. The van der Waals surface area contributed by atoms with Gasteiger partial charge in [0.05, 0.1) is 0 Å². The molecule has 1 aliphatic rings. The van der Waals surface area contributed by atoms with Crippen molar-refractivity contribution < 1.29 is 9.00 Å². The summed E-state index contributed by atoms with van der Waals surface area (Å²) in [5.41, 5.74) is 0. The maximum absolute atomic E-state index is 11.0. The van der Waals surface area contributed by atoms with Crippen molar-refractivity contribution in [1.29, 1.82) is 0 Å². The molecule has 11 heavy (non-hydrogen) atoms. The highest BCUT2D eigenvalue weighted by molar-refractivity contribution is 7.81. The van der Waals surface area contributed by atoms with Gasteiger partial charge in [-0.3, -0.25) is 9.52 Å². The van der Waals surface area contributed by atoms with E-state index in [-0.39, 0.29) is 5.91 Å². The van der Waals surface area contributed by atoms with E-state index >= 15 is 0 Å². The summed E-state index contributed by atoms with van der Waals surface area (Å²) in [5.74, 6) is -0.191. The third-order valence-corrected chi connectivity index (χ3v) is 2.37. The largest absolute Gasteiger partial charge is 0.294 e. The molecule has 1 atom stereocenters. The Bertz CT molecular complexity index is 215. The minimum absolute atomic E-state index is 0.191. The smallest absolute Gasteiger partial charge is 0.261 e. The first-order chi connectivity index (χ1) is 5.25. The van der Waals surface area contributed by atoms with Gasteiger partial charge in [-0.05, 0) is 6.42 Å². The molecule has 1 heterocycles. The molecule has 1 amide bonds. The van der Waals surface area contributed by atoms with E-state index in [4.69, 9.17) is 0 Å². The van der Waals surface area contributed by atoms with Crippen LogP contribution < -0.4 is 4.72 Å². The van der Waals surface area contributed by atoms with Crippen LogP contribution in [0.3, 0.4) is 0 Å². The summed E-state index contributed by atoms with van der Waals surface area (Å²) in [6, 6.07) is 0. The predicted octanol–water partition coefficient (Wildman–Crippen LogP) is -0.0794. The Labute approximate surface area is 68.0 Å². The Balaban J connectivity index is 2.67. The monoisotopic (exact) mass is 174 g/mol. The summed E-state index contributed by atoms with van der Waals surface area (Å²) in [5, 5.41) is 0. The van der Waals surface area contributed by atoms with Gasteiger partial charge in [0.15, 0.2) is 0 Å². The summed E-state index contributed by atoms with van der Waals surface area (Å²) in [4.78, 5) is 11.0. The molecule has 1 N–H and O–H groups in total. The Morgan fingerprint density at radius 3 is 3.00 bits per heavy atom. The first kappa shape index (κ1) is 8.26. The van der Waals surface area contributed by atoms with Gasteiger partial charge in [0.25, 0.3) is 5.91 Å². The molecule has 0 spiro atoms. The Hall–Kier alpha value is -0.840. The molecule has 1 aliphatic heterocycles. The van der Waals surface area contributed by atoms with Crippen LogP contribution in [0, 0.1) is 0 Å². The van der Waals surface area contributed by atoms with E-state index in [1.807, 2.05) is 6.92 Å². The SMILES string of the molecule is CCCN1C(=O)C=CNS1=O. The molecular weight excluding hydrogens is 164 g/mol. The van der Waals surface area contributed by atoms with Crippen molar-refractivity contribution in [1.82, 2.24) is 9.03 Å². The average molecular weight is 174 g/mol. The molecular formula is C6H10N2O2S. The van der Waals surface area contributed by atoms with Crippen LogP contribution in [0.5, 0.6) is 0 Å². The number of nitrogens with zero attached hydrogens (tertiary/aromatic N) is 1. The van der Waals surface area contributed by atoms with Crippen molar-refractivity contribution in [3.8, 4) is 0 Å². The molecule has 0 aromatic rings. The number of rotatable bonds is 2. The van der Waals surface area contributed by atoms with Gasteiger partial charge in [0, 0.05) is 18.8 Å². The standard InChI is InChI=1S/C6H10N2O2S/c1-2-5-8-6(9)3-4-7-11(8)10/h3-4,7H,2,5H2,1H3. The van der Waals surface area contributed by atoms with Gasteiger partial charge in [-0.15, -0.1) is 0 Å². The van der Waals surface area contributed by atoms with Gasteiger partial charge in [-0.2, -0.15) is 0 Å². The van der Waals surface area contributed by atoms with Crippen LogP contribution in [-0.2, 0) is 16.0 Å². The van der Waals surface area contributed by atoms with E-state index in [2.05, 4.69) is 4.72 Å². The lowest BCUT2D eigenvalue weighted by Gasteiger charge is -2.21. The van der Waals surface area contributed by atoms with Crippen molar-refractivity contribution >= 4 is 17.1 Å². The Morgan fingerprint density at radius 1 is 1.73 bits per heavy atom. The molecule has 0 saturated carbocycles. The normalized spacial score (nSPS) is 23.5. The van der Waals surface area contributed by atoms with Gasteiger partial charge >= 0.3 is 0 Å². The fraction of sp³-hybridized carbons (Fsp3) is 0.500. The van der Waals surface area contributed by atoms with Gasteiger partial charge < -0.3 is 0 Å². The third kappa shape index (κ3) is 1.80. The van der Waals surface area contributed by atoms with E-state index < -0.39 is 11.2 Å². The molecule has 0 radical (unpaired) electrons. The molecule has 0 aromatic carbocycles. The highest BCUT2D eigenvalue weighted by atomic mass is 32.2. The summed E-state index contributed by atoms with van der Waals surface area (Å²) in [6.07, 6.45) is 3.59. The second-order valence-corrected chi connectivity index (χ2v) is 3.32. The van der Waals surface area contributed by atoms with Crippen molar-refractivity contribution in [3.05, 3.63) is 12.3 Å². The Kier molecular flexibility index (Phi) is 2.64. The van der Waals surface area contributed by atoms with Crippen LogP contribution in [0.25, 0.3) is 0 Å². The molecule has 5 heteroatoms. The number of hydrogen-bond acceptors (Lipinski definition) is 2. The number of carbonyl (C=O) groups excluding carboxylic acids is 1. The highest BCUT2D eigenvalue weighted by Gasteiger charge is 2.18. The molecule has 1 unspecified atom stereocenters. The topological polar surface area (TPSA) is 49.4 Å². The van der Waals surface area contributed by atoms with Crippen molar-refractivity contribution in [2.24, 2.45) is 0 Å². The zero-order valence-electron chi connectivity index (χ0n) is 6.24. The van der Waals surface area contributed by atoms with Crippen LogP contribution in [-0.4, -0.2) is 21.0 Å². The van der Waals surface area contributed by atoms with Gasteiger partial charge in [-0.1, -0.05) is 6.92 Å².